The third kappa shape index (κ3) is 2.26. The zero-order valence-electron chi connectivity index (χ0n) is 10.9. The van der Waals surface area contributed by atoms with Gasteiger partial charge in [-0.25, -0.2) is 0 Å². The second kappa shape index (κ2) is 5.10. The highest BCUT2D eigenvalue weighted by atomic mass is 35.5. The van der Waals surface area contributed by atoms with Crippen LogP contribution in [0.3, 0.4) is 0 Å². The standard InChI is InChI=1S/C17H16ClN/c1-2-16(14-7-9-15(18)10-8-14)19-12-11-13-5-3-4-6-17(13)19/h3-12,16H,2H2,1H3. The fourth-order valence-corrected chi connectivity index (χ4v) is 2.78. The van der Waals surface area contributed by atoms with E-state index in [9.17, 15) is 0 Å². The molecule has 0 aliphatic carbocycles. The van der Waals surface area contributed by atoms with Crippen molar-refractivity contribution >= 4 is 22.5 Å². The first-order valence-electron chi connectivity index (χ1n) is 6.60. The second-order valence-corrected chi connectivity index (χ2v) is 5.19. The van der Waals surface area contributed by atoms with Crippen molar-refractivity contribution < 1.29 is 0 Å². The molecule has 0 aliphatic rings. The maximum absolute atomic E-state index is 5.97. The number of halogens is 1. The largest absolute Gasteiger partial charge is 0.340 e. The third-order valence-electron chi connectivity index (χ3n) is 3.61. The fraction of sp³-hybridized carbons (Fsp3) is 0.176. The molecule has 2 aromatic carbocycles. The number of hydrogen-bond acceptors (Lipinski definition) is 0. The third-order valence-corrected chi connectivity index (χ3v) is 3.86. The predicted molar refractivity (Wildman–Crippen MR) is 81.8 cm³/mol. The molecule has 1 nitrogen and oxygen atoms in total. The summed E-state index contributed by atoms with van der Waals surface area (Å²) in [5, 5.41) is 2.07. The molecular formula is C17H16ClN. The molecule has 3 aromatic rings. The summed E-state index contributed by atoms with van der Waals surface area (Å²) in [5.74, 6) is 0. The van der Waals surface area contributed by atoms with Crippen molar-refractivity contribution in [1.29, 1.82) is 0 Å². The zero-order valence-corrected chi connectivity index (χ0v) is 11.6. The zero-order chi connectivity index (χ0) is 13.2. The van der Waals surface area contributed by atoms with Crippen LogP contribution in [0.25, 0.3) is 10.9 Å². The summed E-state index contributed by atoms with van der Waals surface area (Å²) in [7, 11) is 0. The molecule has 1 aromatic heterocycles. The Morgan fingerprint density at radius 1 is 1.00 bits per heavy atom. The lowest BCUT2D eigenvalue weighted by Gasteiger charge is -2.19. The van der Waals surface area contributed by atoms with Crippen LogP contribution in [0.15, 0.2) is 60.8 Å². The van der Waals surface area contributed by atoms with Gasteiger partial charge < -0.3 is 4.57 Å². The molecule has 0 saturated carbocycles. The number of aromatic nitrogens is 1. The van der Waals surface area contributed by atoms with E-state index in [1.165, 1.54) is 16.5 Å². The first kappa shape index (κ1) is 12.3. The maximum Gasteiger partial charge on any atom is 0.0583 e. The van der Waals surface area contributed by atoms with Crippen LogP contribution in [0.5, 0.6) is 0 Å². The molecule has 0 N–H and O–H groups in total. The quantitative estimate of drug-likeness (QED) is 0.608. The summed E-state index contributed by atoms with van der Waals surface area (Å²) < 4.78 is 2.35. The van der Waals surface area contributed by atoms with Gasteiger partial charge in [-0.2, -0.15) is 0 Å². The number of hydrogen-bond donors (Lipinski definition) is 0. The van der Waals surface area contributed by atoms with Gasteiger partial charge in [0.05, 0.1) is 6.04 Å². The second-order valence-electron chi connectivity index (χ2n) is 4.76. The van der Waals surface area contributed by atoms with Crippen LogP contribution in [0.4, 0.5) is 0 Å². The van der Waals surface area contributed by atoms with Crippen molar-refractivity contribution in [2.45, 2.75) is 19.4 Å². The lowest BCUT2D eigenvalue weighted by molar-refractivity contribution is 0.585. The van der Waals surface area contributed by atoms with Crippen molar-refractivity contribution in [3.05, 3.63) is 71.4 Å². The Morgan fingerprint density at radius 2 is 1.74 bits per heavy atom. The monoisotopic (exact) mass is 269 g/mol. The molecule has 1 heterocycles. The lowest BCUT2D eigenvalue weighted by Crippen LogP contribution is -2.08. The van der Waals surface area contributed by atoms with Gasteiger partial charge in [-0.3, -0.25) is 0 Å². The minimum absolute atomic E-state index is 0.358. The molecule has 19 heavy (non-hydrogen) atoms. The Kier molecular flexibility index (Phi) is 3.31. The number of rotatable bonds is 3. The predicted octanol–water partition coefficient (Wildman–Crippen LogP) is 5.29. The number of fused-ring (bicyclic) bond motifs is 1. The number of benzene rings is 2. The molecule has 2 heteroatoms. The average molecular weight is 270 g/mol. The van der Waals surface area contributed by atoms with Gasteiger partial charge in [0.25, 0.3) is 0 Å². The van der Waals surface area contributed by atoms with Gasteiger partial charge in [0.1, 0.15) is 0 Å². The molecule has 0 amide bonds. The van der Waals surface area contributed by atoms with E-state index < -0.39 is 0 Å². The Labute approximate surface area is 118 Å². The fourth-order valence-electron chi connectivity index (χ4n) is 2.65. The SMILES string of the molecule is CCC(c1ccc(Cl)cc1)n1ccc2ccccc21. The van der Waals surface area contributed by atoms with Crippen LogP contribution in [0.2, 0.25) is 5.02 Å². The normalized spacial score (nSPS) is 12.7. The van der Waals surface area contributed by atoms with Crippen molar-refractivity contribution in [2.24, 2.45) is 0 Å². The van der Waals surface area contributed by atoms with Crippen molar-refractivity contribution in [3.63, 3.8) is 0 Å². The van der Waals surface area contributed by atoms with Crippen molar-refractivity contribution in [2.75, 3.05) is 0 Å². The molecular weight excluding hydrogens is 254 g/mol. The van der Waals surface area contributed by atoms with Gasteiger partial charge >= 0.3 is 0 Å². The van der Waals surface area contributed by atoms with E-state index in [1.807, 2.05) is 12.1 Å². The van der Waals surface area contributed by atoms with E-state index in [1.54, 1.807) is 0 Å². The summed E-state index contributed by atoms with van der Waals surface area (Å²) in [6, 6.07) is 19.2. The maximum atomic E-state index is 5.97. The van der Waals surface area contributed by atoms with E-state index in [0.29, 0.717) is 6.04 Å². The van der Waals surface area contributed by atoms with Gasteiger partial charge in [0.15, 0.2) is 0 Å². The van der Waals surface area contributed by atoms with Gasteiger partial charge in [0, 0.05) is 16.7 Å². The van der Waals surface area contributed by atoms with Gasteiger partial charge in [-0.1, -0.05) is 48.9 Å². The smallest absolute Gasteiger partial charge is 0.0583 e. The molecule has 1 atom stereocenters. The molecule has 96 valence electrons. The Bertz CT molecular complexity index is 682. The molecule has 0 radical (unpaired) electrons. The Balaban J connectivity index is 2.09. The molecule has 0 saturated heterocycles. The van der Waals surface area contributed by atoms with E-state index in [4.69, 9.17) is 11.6 Å². The summed E-state index contributed by atoms with van der Waals surface area (Å²) in [6.07, 6.45) is 3.23. The van der Waals surface area contributed by atoms with Crippen molar-refractivity contribution in [1.82, 2.24) is 4.57 Å². The molecule has 0 bridgehead atoms. The van der Waals surface area contributed by atoms with Crippen LogP contribution in [0, 0.1) is 0 Å². The highest BCUT2D eigenvalue weighted by molar-refractivity contribution is 6.30. The number of para-hydroxylation sites is 1. The summed E-state index contributed by atoms with van der Waals surface area (Å²) in [6.45, 7) is 2.22. The molecule has 1 unspecified atom stereocenters. The minimum Gasteiger partial charge on any atom is -0.340 e. The summed E-state index contributed by atoms with van der Waals surface area (Å²) in [4.78, 5) is 0. The van der Waals surface area contributed by atoms with Gasteiger partial charge in [0.2, 0.25) is 0 Å². The summed E-state index contributed by atoms with van der Waals surface area (Å²) in [5.41, 5.74) is 2.58. The van der Waals surface area contributed by atoms with Crippen LogP contribution < -0.4 is 0 Å². The van der Waals surface area contributed by atoms with E-state index >= 15 is 0 Å². The minimum atomic E-state index is 0.358. The van der Waals surface area contributed by atoms with Crippen LogP contribution in [0.1, 0.15) is 24.9 Å². The first-order valence-corrected chi connectivity index (χ1v) is 6.98. The summed E-state index contributed by atoms with van der Waals surface area (Å²) >= 11 is 5.97. The Morgan fingerprint density at radius 3 is 2.47 bits per heavy atom. The highest BCUT2D eigenvalue weighted by Gasteiger charge is 2.13. The highest BCUT2D eigenvalue weighted by Crippen LogP contribution is 2.28. The average Bonchev–Trinajstić information content (AvgIpc) is 2.86. The van der Waals surface area contributed by atoms with Gasteiger partial charge in [-0.15, -0.1) is 0 Å². The van der Waals surface area contributed by atoms with Crippen LogP contribution in [-0.4, -0.2) is 4.57 Å². The molecule has 0 aliphatic heterocycles. The first-order chi connectivity index (χ1) is 9.29. The van der Waals surface area contributed by atoms with Crippen LogP contribution >= 0.6 is 11.6 Å². The molecule has 0 spiro atoms. The molecule has 3 rings (SSSR count). The van der Waals surface area contributed by atoms with E-state index in [-0.39, 0.29) is 0 Å². The number of nitrogens with zero attached hydrogens (tertiary/aromatic N) is 1. The van der Waals surface area contributed by atoms with E-state index in [2.05, 4.69) is 60.2 Å². The Hall–Kier alpha value is -1.73. The lowest BCUT2D eigenvalue weighted by atomic mass is 10.0. The van der Waals surface area contributed by atoms with Crippen LogP contribution in [-0.2, 0) is 0 Å². The topological polar surface area (TPSA) is 4.93 Å². The molecule has 0 fully saturated rings. The van der Waals surface area contributed by atoms with E-state index in [0.717, 1.165) is 11.4 Å². The van der Waals surface area contributed by atoms with Gasteiger partial charge in [-0.05, 0) is 41.6 Å². The van der Waals surface area contributed by atoms with Crippen molar-refractivity contribution in [3.8, 4) is 0 Å².